The summed E-state index contributed by atoms with van der Waals surface area (Å²) in [6, 6.07) is 6.60. The molecule has 1 fully saturated rings. The summed E-state index contributed by atoms with van der Waals surface area (Å²) in [5, 5.41) is 4.14. The van der Waals surface area contributed by atoms with Gasteiger partial charge in [0, 0.05) is 11.8 Å². The van der Waals surface area contributed by atoms with Gasteiger partial charge < -0.3 is 4.90 Å². The smallest absolute Gasteiger partial charge is 0.335 e. The van der Waals surface area contributed by atoms with Crippen LogP contribution in [0.25, 0.3) is 22.2 Å². The van der Waals surface area contributed by atoms with Crippen LogP contribution in [0.5, 0.6) is 0 Å². The minimum absolute atomic E-state index is 0.0404. The van der Waals surface area contributed by atoms with Crippen LogP contribution in [0.15, 0.2) is 42.7 Å². The lowest BCUT2D eigenvalue weighted by molar-refractivity contribution is -0.144. The average Bonchev–Trinajstić information content (AvgIpc) is 3.01. The Morgan fingerprint density at radius 2 is 1.93 bits per heavy atom. The molecule has 1 amide bonds. The number of halogens is 4. The van der Waals surface area contributed by atoms with E-state index in [0.29, 0.717) is 22.2 Å². The largest absolute Gasteiger partial charge is 0.416 e. The molecule has 3 heterocycles. The minimum Gasteiger partial charge on any atom is -0.335 e. The molecule has 0 aliphatic carbocycles. The third kappa shape index (κ3) is 3.44. The van der Waals surface area contributed by atoms with Gasteiger partial charge in [-0.25, -0.2) is 4.39 Å². The summed E-state index contributed by atoms with van der Waals surface area (Å²) in [6.45, 7) is 1.43. The van der Waals surface area contributed by atoms with E-state index in [-0.39, 0.29) is 25.5 Å². The Morgan fingerprint density at radius 1 is 1.18 bits per heavy atom. The number of nitrogens with zero attached hydrogens (tertiary/aromatic N) is 4. The molecule has 5 nitrogen and oxygen atoms in total. The molecule has 0 atom stereocenters. The molecule has 146 valence electrons. The standard InChI is InChI=1S/C19H16F4N4O/c1-18(20)10-26(11-18)17(28)9-27-16-6-13(7-24-15(16)8-25-27)12-3-2-4-14(5-12)19(21,22)23/h2-8H,9-11H2,1H3. The molecule has 2 aromatic heterocycles. The summed E-state index contributed by atoms with van der Waals surface area (Å²) in [4.78, 5) is 17.9. The lowest BCUT2D eigenvalue weighted by Gasteiger charge is -2.42. The number of hydrogen-bond acceptors (Lipinski definition) is 3. The zero-order valence-electron chi connectivity index (χ0n) is 14.9. The van der Waals surface area contributed by atoms with Gasteiger partial charge in [0.15, 0.2) is 0 Å². The van der Waals surface area contributed by atoms with Gasteiger partial charge in [0.25, 0.3) is 0 Å². The van der Waals surface area contributed by atoms with Crippen molar-refractivity contribution in [3.8, 4) is 11.1 Å². The van der Waals surface area contributed by atoms with Gasteiger partial charge in [0.2, 0.25) is 5.91 Å². The third-order valence-electron chi connectivity index (χ3n) is 4.70. The molecule has 1 aromatic carbocycles. The maximum atomic E-state index is 13.6. The van der Waals surface area contributed by atoms with Crippen molar-refractivity contribution in [2.45, 2.75) is 25.3 Å². The molecule has 0 radical (unpaired) electrons. The van der Waals surface area contributed by atoms with Crippen LogP contribution < -0.4 is 0 Å². The van der Waals surface area contributed by atoms with Gasteiger partial charge in [-0.1, -0.05) is 12.1 Å². The summed E-state index contributed by atoms with van der Waals surface area (Å²) in [7, 11) is 0. The van der Waals surface area contributed by atoms with Crippen LogP contribution in [0.4, 0.5) is 17.6 Å². The van der Waals surface area contributed by atoms with Crippen LogP contribution in [-0.2, 0) is 17.5 Å². The first-order valence-corrected chi connectivity index (χ1v) is 8.58. The summed E-state index contributed by atoms with van der Waals surface area (Å²) < 4.78 is 53.9. The highest BCUT2D eigenvalue weighted by atomic mass is 19.4. The van der Waals surface area contributed by atoms with Crippen LogP contribution in [0.2, 0.25) is 0 Å². The Bertz CT molecular complexity index is 1050. The van der Waals surface area contributed by atoms with Gasteiger partial charge in [0.05, 0.1) is 30.4 Å². The predicted molar refractivity (Wildman–Crippen MR) is 94.1 cm³/mol. The van der Waals surface area contributed by atoms with E-state index < -0.39 is 17.4 Å². The van der Waals surface area contributed by atoms with Crippen molar-refractivity contribution in [1.82, 2.24) is 19.7 Å². The van der Waals surface area contributed by atoms with E-state index in [0.717, 1.165) is 12.1 Å². The van der Waals surface area contributed by atoms with E-state index in [4.69, 9.17) is 0 Å². The second kappa shape index (κ2) is 6.29. The second-order valence-corrected chi connectivity index (χ2v) is 7.17. The molecule has 0 bridgehead atoms. The number of amides is 1. The third-order valence-corrected chi connectivity index (χ3v) is 4.70. The topological polar surface area (TPSA) is 51.0 Å². The molecule has 4 rings (SSSR count). The quantitative estimate of drug-likeness (QED) is 0.639. The van der Waals surface area contributed by atoms with E-state index in [1.165, 1.54) is 35.0 Å². The SMILES string of the molecule is CC1(F)CN(C(=O)Cn2ncc3ncc(-c4cccc(C(F)(F)F)c4)cc32)C1. The van der Waals surface area contributed by atoms with E-state index in [1.807, 2.05) is 0 Å². The summed E-state index contributed by atoms with van der Waals surface area (Å²) >= 11 is 0. The maximum Gasteiger partial charge on any atom is 0.416 e. The van der Waals surface area contributed by atoms with Crippen molar-refractivity contribution in [2.24, 2.45) is 0 Å². The van der Waals surface area contributed by atoms with Gasteiger partial charge >= 0.3 is 6.18 Å². The monoisotopic (exact) mass is 392 g/mol. The van der Waals surface area contributed by atoms with Crippen LogP contribution in [0.3, 0.4) is 0 Å². The number of hydrogen-bond donors (Lipinski definition) is 0. The summed E-state index contributed by atoms with van der Waals surface area (Å²) in [5.41, 5.74) is -0.234. The molecule has 28 heavy (non-hydrogen) atoms. The van der Waals surface area contributed by atoms with E-state index >= 15 is 0 Å². The molecule has 0 saturated carbocycles. The van der Waals surface area contributed by atoms with Crippen molar-refractivity contribution in [1.29, 1.82) is 0 Å². The van der Waals surface area contributed by atoms with Gasteiger partial charge in [-0.3, -0.25) is 14.5 Å². The van der Waals surface area contributed by atoms with Crippen molar-refractivity contribution in [3.05, 3.63) is 48.3 Å². The van der Waals surface area contributed by atoms with Crippen LogP contribution in [0.1, 0.15) is 12.5 Å². The Labute approximate surface area is 157 Å². The summed E-state index contributed by atoms with van der Waals surface area (Å²) in [5.74, 6) is -0.274. The number of likely N-dealkylation sites (tertiary alicyclic amines) is 1. The number of rotatable bonds is 3. The minimum atomic E-state index is -4.44. The van der Waals surface area contributed by atoms with Crippen molar-refractivity contribution in [2.75, 3.05) is 13.1 Å². The molecule has 1 aliphatic heterocycles. The predicted octanol–water partition coefficient (Wildman–Crippen LogP) is 3.69. The number of aromatic nitrogens is 3. The zero-order chi connectivity index (χ0) is 20.1. The molecule has 9 heteroatoms. The highest BCUT2D eigenvalue weighted by molar-refractivity contribution is 5.83. The molecule has 3 aromatic rings. The van der Waals surface area contributed by atoms with Crippen molar-refractivity contribution in [3.63, 3.8) is 0 Å². The first kappa shape index (κ1) is 18.4. The summed E-state index contributed by atoms with van der Waals surface area (Å²) in [6.07, 6.45) is -1.49. The Balaban J connectivity index is 1.63. The fourth-order valence-electron chi connectivity index (χ4n) is 3.27. The van der Waals surface area contributed by atoms with Crippen LogP contribution in [0, 0.1) is 0 Å². The first-order valence-electron chi connectivity index (χ1n) is 8.58. The van der Waals surface area contributed by atoms with E-state index in [9.17, 15) is 22.4 Å². The number of alkyl halides is 4. The highest BCUT2D eigenvalue weighted by Gasteiger charge is 2.41. The Hall–Kier alpha value is -2.97. The number of carbonyl (C=O) groups is 1. The molecule has 0 N–H and O–H groups in total. The lowest BCUT2D eigenvalue weighted by Crippen LogP contribution is -2.59. The molecular formula is C19H16F4N4O. The number of benzene rings is 1. The van der Waals surface area contributed by atoms with Crippen molar-refractivity contribution < 1.29 is 22.4 Å². The Morgan fingerprint density at radius 3 is 2.61 bits per heavy atom. The average molecular weight is 392 g/mol. The van der Waals surface area contributed by atoms with Crippen LogP contribution >= 0.6 is 0 Å². The van der Waals surface area contributed by atoms with E-state index in [2.05, 4.69) is 10.1 Å². The number of fused-ring (bicyclic) bond motifs is 1. The lowest BCUT2D eigenvalue weighted by atomic mass is 9.99. The number of pyridine rings is 1. The van der Waals surface area contributed by atoms with Gasteiger partial charge in [-0.05, 0) is 30.7 Å². The molecule has 1 saturated heterocycles. The second-order valence-electron chi connectivity index (χ2n) is 7.17. The Kier molecular flexibility index (Phi) is 4.13. The van der Waals surface area contributed by atoms with Gasteiger partial charge in [-0.15, -0.1) is 0 Å². The fourth-order valence-corrected chi connectivity index (χ4v) is 3.27. The van der Waals surface area contributed by atoms with Crippen molar-refractivity contribution >= 4 is 16.9 Å². The zero-order valence-corrected chi connectivity index (χ0v) is 14.9. The van der Waals surface area contributed by atoms with Gasteiger partial charge in [0.1, 0.15) is 17.7 Å². The van der Waals surface area contributed by atoms with E-state index in [1.54, 1.807) is 12.1 Å². The maximum absolute atomic E-state index is 13.6. The normalized spacial score (nSPS) is 16.2. The van der Waals surface area contributed by atoms with Gasteiger partial charge in [-0.2, -0.15) is 18.3 Å². The van der Waals surface area contributed by atoms with Crippen LogP contribution in [-0.4, -0.2) is 44.3 Å². The molecular weight excluding hydrogens is 376 g/mol. The molecule has 0 spiro atoms. The fraction of sp³-hybridized carbons (Fsp3) is 0.316. The first-order chi connectivity index (χ1) is 13.1. The highest BCUT2D eigenvalue weighted by Crippen LogP contribution is 2.32. The molecule has 0 unspecified atom stereocenters. The molecule has 1 aliphatic rings. The number of carbonyl (C=O) groups excluding carboxylic acids is 1.